The van der Waals surface area contributed by atoms with Gasteiger partial charge >= 0.3 is 5.97 Å². The van der Waals surface area contributed by atoms with E-state index in [1.165, 1.54) is 12.1 Å². The summed E-state index contributed by atoms with van der Waals surface area (Å²) < 4.78 is 33.1. The van der Waals surface area contributed by atoms with E-state index < -0.39 is 11.6 Å². The van der Waals surface area contributed by atoms with E-state index in [0.29, 0.717) is 23.3 Å². The summed E-state index contributed by atoms with van der Waals surface area (Å²) in [6.07, 6.45) is 4.90. The lowest BCUT2D eigenvalue weighted by Crippen LogP contribution is -2.01. The van der Waals surface area contributed by atoms with Gasteiger partial charge in [0.2, 0.25) is 0 Å². The zero-order chi connectivity index (χ0) is 17.4. The molecule has 0 bridgehead atoms. The smallest absolute Gasteiger partial charge is 0.309 e. The Morgan fingerprint density at radius 2 is 1.54 bits per heavy atom. The molecule has 0 aliphatic carbocycles. The van der Waals surface area contributed by atoms with Gasteiger partial charge < -0.3 is 4.74 Å². The number of ether oxygens (including phenoxy) is 1. The van der Waals surface area contributed by atoms with Crippen LogP contribution in [0.4, 0.5) is 8.78 Å². The van der Waals surface area contributed by atoms with Gasteiger partial charge in [-0.25, -0.2) is 8.78 Å². The van der Waals surface area contributed by atoms with E-state index in [1.807, 2.05) is 0 Å². The fourth-order valence-electron chi connectivity index (χ4n) is 2.23. The minimum atomic E-state index is -0.439. The summed E-state index contributed by atoms with van der Waals surface area (Å²) in [7, 11) is 0. The van der Waals surface area contributed by atoms with Crippen molar-refractivity contribution < 1.29 is 18.3 Å². The topological polar surface area (TPSA) is 26.3 Å². The van der Waals surface area contributed by atoms with Gasteiger partial charge in [0.15, 0.2) is 0 Å². The number of benzene rings is 2. The van der Waals surface area contributed by atoms with Crippen molar-refractivity contribution in [2.24, 2.45) is 0 Å². The third kappa shape index (κ3) is 4.62. The Hall–Kier alpha value is -2.75. The molecule has 0 unspecified atom stereocenters. The van der Waals surface area contributed by atoms with Gasteiger partial charge in [0.05, 0.1) is 13.0 Å². The Labute approximate surface area is 140 Å². The van der Waals surface area contributed by atoms with Gasteiger partial charge in [-0.3, -0.25) is 4.79 Å². The Bertz CT molecular complexity index is 716. The molecule has 0 atom stereocenters. The quantitative estimate of drug-likeness (QED) is 0.556. The molecule has 124 valence electrons. The molecule has 0 radical (unpaired) electrons. The van der Waals surface area contributed by atoms with Crippen LogP contribution in [0.2, 0.25) is 0 Å². The van der Waals surface area contributed by atoms with Crippen LogP contribution in [0.25, 0.3) is 5.57 Å². The molecule has 0 N–H and O–H groups in total. The van der Waals surface area contributed by atoms with Crippen LogP contribution < -0.4 is 0 Å². The summed E-state index contributed by atoms with van der Waals surface area (Å²) in [6.45, 7) is 2.05. The molecule has 2 nitrogen and oxygen atoms in total. The first-order valence-electron chi connectivity index (χ1n) is 7.65. The van der Waals surface area contributed by atoms with E-state index in [2.05, 4.69) is 0 Å². The van der Waals surface area contributed by atoms with E-state index in [0.717, 1.165) is 0 Å². The van der Waals surface area contributed by atoms with E-state index in [-0.39, 0.29) is 12.4 Å². The van der Waals surface area contributed by atoms with Crippen LogP contribution in [0.15, 0.2) is 66.8 Å². The molecule has 0 saturated carbocycles. The molecule has 0 amide bonds. The number of allylic oxidation sites excluding steroid dienone is 2. The molecule has 0 aliphatic rings. The first kappa shape index (κ1) is 17.6. The van der Waals surface area contributed by atoms with Crippen molar-refractivity contribution in [1.82, 2.24) is 0 Å². The van der Waals surface area contributed by atoms with Gasteiger partial charge in [-0.2, -0.15) is 0 Å². The number of hydrogen-bond acceptors (Lipinski definition) is 2. The largest absolute Gasteiger partial charge is 0.466 e. The number of rotatable bonds is 6. The lowest BCUT2D eigenvalue weighted by atomic mass is 9.96. The van der Waals surface area contributed by atoms with Crippen molar-refractivity contribution in [1.29, 1.82) is 0 Å². The Balaban J connectivity index is 2.36. The fourth-order valence-corrected chi connectivity index (χ4v) is 2.23. The second-order valence-electron chi connectivity index (χ2n) is 4.98. The third-order valence-corrected chi connectivity index (χ3v) is 3.32. The number of esters is 1. The minimum absolute atomic E-state index is 0.103. The highest BCUT2D eigenvalue weighted by atomic mass is 19.1. The summed E-state index contributed by atoms with van der Waals surface area (Å²) >= 11 is 0. The molecule has 0 saturated heterocycles. The van der Waals surface area contributed by atoms with Crippen LogP contribution in [0, 0.1) is 11.6 Å². The van der Waals surface area contributed by atoms with E-state index in [1.54, 1.807) is 61.5 Å². The van der Waals surface area contributed by atoms with Crippen LogP contribution in [-0.4, -0.2) is 12.6 Å². The molecule has 2 aromatic carbocycles. The molecule has 24 heavy (non-hydrogen) atoms. The summed E-state index contributed by atoms with van der Waals surface area (Å²) in [6, 6.07) is 12.4. The molecule has 0 spiro atoms. The fraction of sp³-hybridized carbons (Fsp3) is 0.150. The lowest BCUT2D eigenvalue weighted by molar-refractivity contribution is -0.142. The minimum Gasteiger partial charge on any atom is -0.466 e. The molecule has 2 aromatic rings. The van der Waals surface area contributed by atoms with E-state index in [9.17, 15) is 13.6 Å². The molecular weight excluding hydrogens is 310 g/mol. The first-order valence-corrected chi connectivity index (χ1v) is 7.65. The van der Waals surface area contributed by atoms with Crippen molar-refractivity contribution >= 4 is 11.5 Å². The van der Waals surface area contributed by atoms with Gasteiger partial charge in [-0.05, 0) is 24.6 Å². The van der Waals surface area contributed by atoms with Crippen LogP contribution in [0.3, 0.4) is 0 Å². The molecule has 0 heterocycles. The molecule has 4 heteroatoms. The number of carbonyl (C=O) groups is 1. The SMILES string of the molecule is CCOC(=O)C/C=C\C=C(c1ccccc1F)c1ccccc1F. The second-order valence-corrected chi connectivity index (χ2v) is 4.98. The molecule has 0 aromatic heterocycles. The number of carbonyl (C=O) groups excluding carboxylic acids is 1. The standard InChI is InChI=1S/C20H18F2O2/c1-2-24-20(23)14-8-5-9-15(16-10-3-6-12-18(16)21)17-11-4-7-13-19(17)22/h3-13H,2,14H2,1H3/b8-5-. The van der Waals surface area contributed by atoms with Crippen LogP contribution in [0.5, 0.6) is 0 Å². The molecule has 0 aliphatic heterocycles. The predicted molar refractivity (Wildman–Crippen MR) is 90.3 cm³/mol. The van der Waals surface area contributed by atoms with Gasteiger partial charge in [0, 0.05) is 11.1 Å². The van der Waals surface area contributed by atoms with Crippen LogP contribution in [0.1, 0.15) is 24.5 Å². The average Bonchev–Trinajstić information content (AvgIpc) is 2.57. The number of hydrogen-bond donors (Lipinski definition) is 0. The van der Waals surface area contributed by atoms with Crippen molar-refractivity contribution in [3.05, 3.63) is 89.5 Å². The van der Waals surface area contributed by atoms with Gasteiger partial charge in [0.25, 0.3) is 0 Å². The van der Waals surface area contributed by atoms with Gasteiger partial charge in [-0.1, -0.05) is 54.6 Å². The lowest BCUT2D eigenvalue weighted by Gasteiger charge is -2.10. The zero-order valence-electron chi connectivity index (χ0n) is 13.3. The first-order chi connectivity index (χ1) is 11.6. The molecular formula is C20H18F2O2. The maximum absolute atomic E-state index is 14.1. The summed E-state index contributed by atoms with van der Waals surface area (Å²) in [4.78, 5) is 11.3. The van der Waals surface area contributed by atoms with Crippen molar-refractivity contribution in [2.45, 2.75) is 13.3 Å². The second kappa shape index (κ2) is 8.77. The third-order valence-electron chi connectivity index (χ3n) is 3.32. The van der Waals surface area contributed by atoms with Crippen molar-refractivity contribution in [3.63, 3.8) is 0 Å². The summed E-state index contributed by atoms with van der Waals surface area (Å²) in [5.41, 5.74) is 0.998. The molecule has 0 fully saturated rings. The maximum Gasteiger partial charge on any atom is 0.309 e. The normalized spacial score (nSPS) is 10.6. The molecule has 2 rings (SSSR count). The van der Waals surface area contributed by atoms with Crippen molar-refractivity contribution in [3.8, 4) is 0 Å². The van der Waals surface area contributed by atoms with Gasteiger partial charge in [0.1, 0.15) is 11.6 Å². The summed E-state index contributed by atoms with van der Waals surface area (Å²) in [5.74, 6) is -1.22. The van der Waals surface area contributed by atoms with Crippen LogP contribution >= 0.6 is 0 Å². The highest BCUT2D eigenvalue weighted by molar-refractivity contribution is 5.81. The summed E-state index contributed by atoms with van der Waals surface area (Å²) in [5, 5.41) is 0. The highest BCUT2D eigenvalue weighted by Gasteiger charge is 2.12. The Morgan fingerprint density at radius 1 is 1.00 bits per heavy atom. The van der Waals surface area contributed by atoms with Crippen molar-refractivity contribution in [2.75, 3.05) is 6.61 Å². The van der Waals surface area contributed by atoms with E-state index in [4.69, 9.17) is 4.74 Å². The highest BCUT2D eigenvalue weighted by Crippen LogP contribution is 2.27. The Morgan fingerprint density at radius 3 is 2.04 bits per heavy atom. The zero-order valence-corrected chi connectivity index (χ0v) is 13.3. The predicted octanol–water partition coefficient (Wildman–Crippen LogP) is 4.91. The van der Waals surface area contributed by atoms with Crippen LogP contribution in [-0.2, 0) is 9.53 Å². The van der Waals surface area contributed by atoms with Gasteiger partial charge in [-0.15, -0.1) is 0 Å². The average molecular weight is 328 g/mol. The Kier molecular flexibility index (Phi) is 6.43. The maximum atomic E-state index is 14.1. The monoisotopic (exact) mass is 328 g/mol. The number of halogens is 2. The van der Waals surface area contributed by atoms with E-state index >= 15 is 0 Å².